The van der Waals surface area contributed by atoms with E-state index in [2.05, 4.69) is 0 Å². The molecule has 1 aromatic rings. The Bertz CT molecular complexity index is 582. The number of benzene rings is 1. The quantitative estimate of drug-likeness (QED) is 0.778. The molecule has 0 bridgehead atoms. The molecule has 0 aromatic heterocycles. The summed E-state index contributed by atoms with van der Waals surface area (Å²) < 4.78 is 16.2. The second-order valence-corrected chi connectivity index (χ2v) is 5.60. The second kappa shape index (κ2) is 8.54. The number of likely N-dealkylation sites (N-methyl/N-ethyl adjacent to an activating group) is 1. The highest BCUT2D eigenvalue weighted by molar-refractivity contribution is 5.94. The second-order valence-electron chi connectivity index (χ2n) is 5.60. The number of nitrogens with zero attached hydrogens (tertiary/aromatic N) is 1. The zero-order chi connectivity index (χ0) is 17.5. The van der Waals surface area contributed by atoms with Crippen molar-refractivity contribution < 1.29 is 28.9 Å². The van der Waals surface area contributed by atoms with Gasteiger partial charge in [-0.05, 0) is 38.0 Å². The Morgan fingerprint density at radius 1 is 1.33 bits per heavy atom. The Labute approximate surface area is 141 Å². The van der Waals surface area contributed by atoms with Crippen molar-refractivity contribution >= 4 is 11.9 Å². The number of carboxylic acids is 1. The molecule has 1 N–H and O–H groups in total. The van der Waals surface area contributed by atoms with Gasteiger partial charge >= 0.3 is 5.97 Å². The molecule has 0 unspecified atom stereocenters. The maximum Gasteiger partial charge on any atom is 0.341 e. The first-order chi connectivity index (χ1) is 11.5. The van der Waals surface area contributed by atoms with Gasteiger partial charge < -0.3 is 24.2 Å². The number of carbonyl (C=O) groups is 2. The van der Waals surface area contributed by atoms with E-state index in [0.717, 1.165) is 19.4 Å². The third-order valence-electron chi connectivity index (χ3n) is 3.69. The maximum atomic E-state index is 12.5. The molecular weight excluding hydrogens is 314 g/mol. The summed E-state index contributed by atoms with van der Waals surface area (Å²) in [7, 11) is 1.74. The number of aliphatic carboxylic acids is 1. The van der Waals surface area contributed by atoms with Crippen LogP contribution in [-0.2, 0) is 9.53 Å². The Balaban J connectivity index is 2.09. The minimum absolute atomic E-state index is 0.0866. The molecule has 0 saturated carbocycles. The van der Waals surface area contributed by atoms with Crippen LogP contribution < -0.4 is 9.47 Å². The Hall–Kier alpha value is -2.28. The highest BCUT2D eigenvalue weighted by Crippen LogP contribution is 2.29. The van der Waals surface area contributed by atoms with Gasteiger partial charge in [-0.2, -0.15) is 0 Å². The van der Waals surface area contributed by atoms with Crippen LogP contribution in [0.4, 0.5) is 0 Å². The summed E-state index contributed by atoms with van der Waals surface area (Å²) in [5.74, 6) is -0.558. The fraction of sp³-hybridized carbons (Fsp3) is 0.529. The SMILES string of the molecule is CCOc1cc(C(=O)N(C)C[C@@H]2CCCO2)ccc1OCC(=O)O. The van der Waals surface area contributed by atoms with E-state index in [9.17, 15) is 9.59 Å². The first kappa shape index (κ1) is 18.1. The number of ether oxygens (including phenoxy) is 3. The van der Waals surface area contributed by atoms with E-state index in [1.807, 2.05) is 0 Å². The molecule has 24 heavy (non-hydrogen) atoms. The number of carbonyl (C=O) groups excluding carboxylic acids is 1. The number of hydrogen-bond acceptors (Lipinski definition) is 5. The molecular formula is C17H23NO6. The van der Waals surface area contributed by atoms with Crippen molar-refractivity contribution in [3.8, 4) is 11.5 Å². The van der Waals surface area contributed by atoms with Crippen molar-refractivity contribution in [1.82, 2.24) is 4.90 Å². The fourth-order valence-electron chi connectivity index (χ4n) is 2.57. The van der Waals surface area contributed by atoms with Crippen LogP contribution in [0.3, 0.4) is 0 Å². The Morgan fingerprint density at radius 2 is 2.12 bits per heavy atom. The van der Waals surface area contributed by atoms with Crippen molar-refractivity contribution in [3.05, 3.63) is 23.8 Å². The van der Waals surface area contributed by atoms with Gasteiger partial charge in [0.15, 0.2) is 18.1 Å². The molecule has 0 aliphatic carbocycles. The van der Waals surface area contributed by atoms with Gasteiger partial charge in [0.05, 0.1) is 12.7 Å². The lowest BCUT2D eigenvalue weighted by Crippen LogP contribution is -2.34. The van der Waals surface area contributed by atoms with Gasteiger partial charge in [0.25, 0.3) is 5.91 Å². The van der Waals surface area contributed by atoms with E-state index in [1.165, 1.54) is 0 Å². The number of rotatable bonds is 8. The van der Waals surface area contributed by atoms with Crippen molar-refractivity contribution in [3.63, 3.8) is 0 Å². The molecule has 1 aliphatic rings. The zero-order valence-corrected chi connectivity index (χ0v) is 14.0. The molecule has 1 atom stereocenters. The normalized spacial score (nSPS) is 16.7. The summed E-state index contributed by atoms with van der Waals surface area (Å²) in [5.41, 5.74) is 0.460. The molecule has 0 radical (unpaired) electrons. The first-order valence-corrected chi connectivity index (χ1v) is 7.99. The van der Waals surface area contributed by atoms with Crippen molar-refractivity contribution in [2.75, 3.05) is 33.4 Å². The predicted octanol–water partition coefficient (Wildman–Crippen LogP) is 1.80. The van der Waals surface area contributed by atoms with Gasteiger partial charge in [0.1, 0.15) is 0 Å². The molecule has 2 rings (SSSR count). The van der Waals surface area contributed by atoms with Crippen LogP contribution in [-0.4, -0.2) is 61.4 Å². The van der Waals surface area contributed by atoms with Crippen LogP contribution in [0.15, 0.2) is 18.2 Å². The van der Waals surface area contributed by atoms with E-state index in [4.69, 9.17) is 19.3 Å². The largest absolute Gasteiger partial charge is 0.490 e. The Morgan fingerprint density at radius 3 is 2.75 bits per heavy atom. The summed E-state index contributed by atoms with van der Waals surface area (Å²) in [6, 6.07) is 4.74. The molecule has 1 heterocycles. The molecule has 7 nitrogen and oxygen atoms in total. The summed E-state index contributed by atoms with van der Waals surface area (Å²) in [6.45, 7) is 3.01. The third kappa shape index (κ3) is 4.86. The lowest BCUT2D eigenvalue weighted by atomic mass is 10.1. The standard InChI is InChI=1S/C17H23NO6/c1-3-22-15-9-12(6-7-14(15)24-11-16(19)20)17(21)18(2)10-13-5-4-8-23-13/h6-7,9,13H,3-5,8,10-11H2,1-2H3,(H,19,20)/t13-/m0/s1. The molecule has 1 fully saturated rings. The predicted molar refractivity (Wildman–Crippen MR) is 86.7 cm³/mol. The maximum absolute atomic E-state index is 12.5. The van der Waals surface area contributed by atoms with Crippen molar-refractivity contribution in [2.24, 2.45) is 0 Å². The van der Waals surface area contributed by atoms with Gasteiger partial charge in [-0.25, -0.2) is 4.79 Å². The van der Waals surface area contributed by atoms with Gasteiger partial charge in [0, 0.05) is 25.8 Å². The number of carboxylic acid groups (broad SMARTS) is 1. The topological polar surface area (TPSA) is 85.3 Å². The van der Waals surface area contributed by atoms with Crippen molar-refractivity contribution in [1.29, 1.82) is 0 Å². The average molecular weight is 337 g/mol. The van der Waals surface area contributed by atoms with Gasteiger partial charge in [0.2, 0.25) is 0 Å². The number of amides is 1. The fourth-order valence-corrected chi connectivity index (χ4v) is 2.57. The monoisotopic (exact) mass is 337 g/mol. The molecule has 1 aromatic carbocycles. The minimum Gasteiger partial charge on any atom is -0.490 e. The third-order valence-corrected chi connectivity index (χ3v) is 3.69. The van der Waals surface area contributed by atoms with Gasteiger partial charge in [-0.3, -0.25) is 4.79 Å². The molecule has 0 spiro atoms. The van der Waals surface area contributed by atoms with Crippen LogP contribution >= 0.6 is 0 Å². The summed E-state index contributed by atoms with van der Waals surface area (Å²) in [4.78, 5) is 24.8. The van der Waals surface area contributed by atoms with E-state index in [1.54, 1.807) is 37.1 Å². The van der Waals surface area contributed by atoms with Gasteiger partial charge in [-0.1, -0.05) is 0 Å². The van der Waals surface area contributed by atoms with Crippen LogP contribution in [0.25, 0.3) is 0 Å². The average Bonchev–Trinajstić information content (AvgIpc) is 3.06. The number of hydrogen-bond donors (Lipinski definition) is 1. The molecule has 1 saturated heterocycles. The minimum atomic E-state index is -1.08. The lowest BCUT2D eigenvalue weighted by Gasteiger charge is -2.21. The van der Waals surface area contributed by atoms with E-state index < -0.39 is 12.6 Å². The van der Waals surface area contributed by atoms with Crippen LogP contribution in [0.1, 0.15) is 30.1 Å². The highest BCUT2D eigenvalue weighted by Gasteiger charge is 2.21. The lowest BCUT2D eigenvalue weighted by molar-refractivity contribution is -0.139. The van der Waals surface area contributed by atoms with E-state index in [0.29, 0.717) is 30.2 Å². The zero-order valence-electron chi connectivity index (χ0n) is 14.0. The van der Waals surface area contributed by atoms with E-state index >= 15 is 0 Å². The van der Waals surface area contributed by atoms with E-state index in [-0.39, 0.29) is 12.0 Å². The smallest absolute Gasteiger partial charge is 0.341 e. The van der Waals surface area contributed by atoms with Crippen LogP contribution in [0.5, 0.6) is 11.5 Å². The highest BCUT2D eigenvalue weighted by atomic mass is 16.5. The van der Waals surface area contributed by atoms with Crippen molar-refractivity contribution in [2.45, 2.75) is 25.9 Å². The molecule has 7 heteroatoms. The molecule has 1 aliphatic heterocycles. The van der Waals surface area contributed by atoms with Crippen LogP contribution in [0.2, 0.25) is 0 Å². The van der Waals surface area contributed by atoms with Crippen LogP contribution in [0, 0.1) is 0 Å². The van der Waals surface area contributed by atoms with Gasteiger partial charge in [-0.15, -0.1) is 0 Å². The summed E-state index contributed by atoms with van der Waals surface area (Å²) in [6.07, 6.45) is 2.07. The molecule has 132 valence electrons. The Kier molecular flexibility index (Phi) is 6.43. The summed E-state index contributed by atoms with van der Waals surface area (Å²) >= 11 is 0. The molecule has 1 amide bonds. The first-order valence-electron chi connectivity index (χ1n) is 7.99. The summed E-state index contributed by atoms with van der Waals surface area (Å²) in [5, 5.41) is 8.71.